The van der Waals surface area contributed by atoms with Gasteiger partial charge in [-0.1, -0.05) is 0 Å². The molecule has 1 N–H and O–H groups in total. The number of aldehydes is 1. The number of aromatic nitrogens is 2. The molecule has 1 aromatic heterocycles. The van der Waals surface area contributed by atoms with Crippen LogP contribution in [0.5, 0.6) is 5.75 Å². The Labute approximate surface area is 51.7 Å². The molecule has 0 fully saturated rings. The molecule has 1 rings (SSSR count). The third kappa shape index (κ3) is 0.782. The van der Waals surface area contributed by atoms with Gasteiger partial charge >= 0.3 is 0 Å². The van der Waals surface area contributed by atoms with Crippen molar-refractivity contribution in [2.45, 2.75) is 0 Å². The van der Waals surface area contributed by atoms with E-state index in [2.05, 4.69) is 5.10 Å². The molecule has 1 heterocycles. The highest BCUT2D eigenvalue weighted by molar-refractivity contribution is 5.75. The van der Waals surface area contributed by atoms with Crippen molar-refractivity contribution < 1.29 is 9.90 Å². The third-order valence-electron chi connectivity index (χ3n) is 1.08. The zero-order valence-electron chi connectivity index (χ0n) is 4.90. The predicted molar refractivity (Wildman–Crippen MR) is 30.3 cm³/mol. The summed E-state index contributed by atoms with van der Waals surface area (Å²) >= 11 is 0. The van der Waals surface area contributed by atoms with E-state index in [0.29, 0.717) is 6.29 Å². The number of carbonyl (C=O) groups excluding carboxylic acids is 1. The summed E-state index contributed by atoms with van der Waals surface area (Å²) in [6.45, 7) is 0. The van der Waals surface area contributed by atoms with E-state index in [9.17, 15) is 4.79 Å². The van der Waals surface area contributed by atoms with Crippen LogP contribution in [-0.2, 0) is 7.05 Å². The first-order chi connectivity index (χ1) is 4.25. The Kier molecular flexibility index (Phi) is 1.22. The molecule has 0 aromatic carbocycles. The van der Waals surface area contributed by atoms with Gasteiger partial charge in [0.15, 0.2) is 12.0 Å². The summed E-state index contributed by atoms with van der Waals surface area (Å²) in [5.74, 6) is -0.0764. The number of aromatic hydroxyl groups is 1. The van der Waals surface area contributed by atoms with Gasteiger partial charge in [-0.2, -0.15) is 5.10 Å². The monoisotopic (exact) mass is 126 g/mol. The minimum Gasteiger partial charge on any atom is -0.504 e. The van der Waals surface area contributed by atoms with E-state index in [1.54, 1.807) is 7.05 Å². The normalized spacial score (nSPS) is 9.44. The molecule has 0 aliphatic heterocycles. The van der Waals surface area contributed by atoms with Crippen molar-refractivity contribution in [3.8, 4) is 5.75 Å². The van der Waals surface area contributed by atoms with Gasteiger partial charge in [0.05, 0.1) is 6.20 Å². The molecule has 0 unspecified atom stereocenters. The average molecular weight is 126 g/mol. The lowest BCUT2D eigenvalue weighted by molar-refractivity contribution is 0.111. The molecular formula is C5H6N2O2. The number of carbonyl (C=O) groups is 1. The highest BCUT2D eigenvalue weighted by Gasteiger charge is 2.02. The Bertz CT molecular complexity index is 209. The summed E-state index contributed by atoms with van der Waals surface area (Å²) in [5.41, 5.74) is 0.204. The van der Waals surface area contributed by atoms with Gasteiger partial charge in [0.1, 0.15) is 5.69 Å². The summed E-state index contributed by atoms with van der Waals surface area (Å²) in [4.78, 5) is 10.1. The lowest BCUT2D eigenvalue weighted by atomic mass is 10.4. The Morgan fingerprint density at radius 2 is 2.56 bits per heavy atom. The maximum Gasteiger partial charge on any atom is 0.171 e. The average Bonchev–Trinajstić information content (AvgIpc) is 2.12. The SMILES string of the molecule is Cn1ncc(O)c1C=O. The molecule has 0 bridgehead atoms. The summed E-state index contributed by atoms with van der Waals surface area (Å²) in [6, 6.07) is 0. The van der Waals surface area contributed by atoms with Crippen molar-refractivity contribution in [2.75, 3.05) is 0 Å². The van der Waals surface area contributed by atoms with E-state index in [-0.39, 0.29) is 11.4 Å². The lowest BCUT2D eigenvalue weighted by Gasteiger charge is -1.88. The number of hydrogen-bond acceptors (Lipinski definition) is 3. The molecule has 0 amide bonds. The molecule has 0 atom stereocenters. The fraction of sp³-hybridized carbons (Fsp3) is 0.200. The van der Waals surface area contributed by atoms with Gasteiger partial charge in [0.25, 0.3) is 0 Å². The van der Waals surface area contributed by atoms with E-state index in [1.807, 2.05) is 0 Å². The van der Waals surface area contributed by atoms with Gasteiger partial charge in [0.2, 0.25) is 0 Å². The van der Waals surface area contributed by atoms with Crippen LogP contribution >= 0.6 is 0 Å². The van der Waals surface area contributed by atoms with Gasteiger partial charge < -0.3 is 5.11 Å². The minimum absolute atomic E-state index is 0.0764. The van der Waals surface area contributed by atoms with Gasteiger partial charge in [-0.25, -0.2) is 0 Å². The number of nitrogens with zero attached hydrogens (tertiary/aromatic N) is 2. The first kappa shape index (κ1) is 5.81. The third-order valence-corrected chi connectivity index (χ3v) is 1.08. The van der Waals surface area contributed by atoms with E-state index in [4.69, 9.17) is 5.11 Å². The Balaban J connectivity index is 3.22. The van der Waals surface area contributed by atoms with E-state index >= 15 is 0 Å². The summed E-state index contributed by atoms with van der Waals surface area (Å²) in [6.07, 6.45) is 1.78. The second kappa shape index (κ2) is 1.89. The smallest absolute Gasteiger partial charge is 0.171 e. The second-order valence-corrected chi connectivity index (χ2v) is 1.66. The number of aryl methyl sites for hydroxylation is 1. The van der Waals surface area contributed by atoms with Crippen LogP contribution in [0.4, 0.5) is 0 Å². The first-order valence-electron chi connectivity index (χ1n) is 2.42. The summed E-state index contributed by atoms with van der Waals surface area (Å²) < 4.78 is 1.31. The second-order valence-electron chi connectivity index (χ2n) is 1.66. The van der Waals surface area contributed by atoms with Gasteiger partial charge in [-0.15, -0.1) is 0 Å². The Hall–Kier alpha value is -1.32. The van der Waals surface area contributed by atoms with E-state index < -0.39 is 0 Å². The fourth-order valence-corrected chi connectivity index (χ4v) is 0.572. The molecular weight excluding hydrogens is 120 g/mol. The molecule has 0 saturated heterocycles. The topological polar surface area (TPSA) is 55.1 Å². The van der Waals surface area contributed by atoms with Crippen LogP contribution in [0.1, 0.15) is 10.5 Å². The van der Waals surface area contributed by atoms with E-state index in [0.717, 1.165) is 0 Å². The molecule has 9 heavy (non-hydrogen) atoms. The molecule has 0 spiro atoms. The Morgan fingerprint density at radius 3 is 2.78 bits per heavy atom. The maximum atomic E-state index is 10.1. The predicted octanol–water partition coefficient (Wildman–Crippen LogP) is -0.0618. The van der Waals surface area contributed by atoms with Crippen LogP contribution in [0.3, 0.4) is 0 Å². The van der Waals surface area contributed by atoms with Crippen molar-refractivity contribution in [1.82, 2.24) is 9.78 Å². The highest BCUT2D eigenvalue weighted by atomic mass is 16.3. The van der Waals surface area contributed by atoms with Crippen LogP contribution in [0.2, 0.25) is 0 Å². The lowest BCUT2D eigenvalue weighted by Crippen LogP contribution is -1.95. The molecule has 0 saturated carbocycles. The van der Waals surface area contributed by atoms with Crippen molar-refractivity contribution in [3.63, 3.8) is 0 Å². The first-order valence-corrected chi connectivity index (χ1v) is 2.42. The Morgan fingerprint density at radius 1 is 1.89 bits per heavy atom. The van der Waals surface area contributed by atoms with Crippen LogP contribution in [0.15, 0.2) is 6.20 Å². The highest BCUT2D eigenvalue weighted by Crippen LogP contribution is 2.10. The van der Waals surface area contributed by atoms with Crippen molar-refractivity contribution >= 4 is 6.29 Å². The molecule has 1 aromatic rings. The van der Waals surface area contributed by atoms with Crippen molar-refractivity contribution in [1.29, 1.82) is 0 Å². The van der Waals surface area contributed by atoms with Crippen molar-refractivity contribution in [3.05, 3.63) is 11.9 Å². The largest absolute Gasteiger partial charge is 0.504 e. The van der Waals surface area contributed by atoms with Gasteiger partial charge in [0, 0.05) is 7.05 Å². The van der Waals surface area contributed by atoms with E-state index in [1.165, 1.54) is 10.9 Å². The fourth-order valence-electron chi connectivity index (χ4n) is 0.572. The molecule has 0 aliphatic carbocycles. The molecule has 4 heteroatoms. The number of rotatable bonds is 1. The van der Waals surface area contributed by atoms with Gasteiger partial charge in [-0.05, 0) is 0 Å². The summed E-state index contributed by atoms with van der Waals surface area (Å²) in [7, 11) is 1.59. The van der Waals surface area contributed by atoms with Crippen LogP contribution in [-0.4, -0.2) is 21.2 Å². The molecule has 0 radical (unpaired) electrons. The zero-order valence-corrected chi connectivity index (χ0v) is 4.90. The molecule has 4 nitrogen and oxygen atoms in total. The standard InChI is InChI=1S/C5H6N2O2/c1-7-4(3-8)5(9)2-6-7/h2-3,9H,1H3. The molecule has 48 valence electrons. The quantitative estimate of drug-likeness (QED) is 0.536. The van der Waals surface area contributed by atoms with Gasteiger partial charge in [-0.3, -0.25) is 9.48 Å². The maximum absolute atomic E-state index is 10.1. The number of hydrogen-bond donors (Lipinski definition) is 1. The zero-order chi connectivity index (χ0) is 6.85. The minimum atomic E-state index is -0.0764. The van der Waals surface area contributed by atoms with Crippen LogP contribution in [0, 0.1) is 0 Å². The summed E-state index contributed by atoms with van der Waals surface area (Å²) in [5, 5.41) is 12.4. The van der Waals surface area contributed by atoms with Crippen molar-refractivity contribution in [2.24, 2.45) is 7.05 Å². The van der Waals surface area contributed by atoms with Crippen LogP contribution in [0.25, 0.3) is 0 Å². The molecule has 0 aliphatic rings. The van der Waals surface area contributed by atoms with Crippen LogP contribution < -0.4 is 0 Å².